The van der Waals surface area contributed by atoms with Crippen molar-refractivity contribution in [2.45, 2.75) is 6.54 Å². The van der Waals surface area contributed by atoms with Gasteiger partial charge in [-0.2, -0.15) is 0 Å². The number of aromatic amines is 1. The van der Waals surface area contributed by atoms with Crippen LogP contribution in [0.4, 0.5) is 0 Å². The van der Waals surface area contributed by atoms with E-state index in [1.165, 1.54) is 11.0 Å². The number of rotatable bonds is 3. The van der Waals surface area contributed by atoms with Gasteiger partial charge in [0, 0.05) is 15.4 Å². The summed E-state index contributed by atoms with van der Waals surface area (Å²) in [5, 5.41) is 0.916. The highest BCUT2D eigenvalue weighted by atomic mass is 79.9. The Morgan fingerprint density at radius 2 is 2.27 bits per heavy atom. The molecule has 0 saturated carbocycles. The molecule has 1 aromatic carbocycles. The van der Waals surface area contributed by atoms with Gasteiger partial charge >= 0.3 is 0 Å². The van der Waals surface area contributed by atoms with Gasteiger partial charge in [-0.05, 0) is 30.3 Å². The molecule has 7 heteroatoms. The average molecular weight is 359 g/mol. The highest BCUT2D eigenvalue weighted by molar-refractivity contribution is 9.10. The average Bonchev–Trinajstić information content (AvgIpc) is 3.14. The largest absolute Gasteiger partial charge is 0.467 e. The number of benzene rings is 1. The van der Waals surface area contributed by atoms with Crippen LogP contribution in [0.1, 0.15) is 5.76 Å². The molecule has 3 aromatic heterocycles. The Hall–Kier alpha value is -2.54. The van der Waals surface area contributed by atoms with Crippen molar-refractivity contribution in [2.75, 3.05) is 5.43 Å². The molecule has 4 rings (SSSR count). The molecule has 0 unspecified atom stereocenters. The molecule has 22 heavy (non-hydrogen) atoms. The van der Waals surface area contributed by atoms with E-state index in [-0.39, 0.29) is 5.56 Å². The first-order valence-electron chi connectivity index (χ1n) is 6.67. The van der Waals surface area contributed by atoms with E-state index in [1.54, 1.807) is 12.3 Å². The summed E-state index contributed by atoms with van der Waals surface area (Å²) < 4.78 is 7.54. The Morgan fingerprint density at radius 1 is 1.36 bits per heavy atom. The first kappa shape index (κ1) is 13.1. The number of nitrogens with one attached hydrogen (secondary N) is 2. The maximum Gasteiger partial charge on any atom is 0.296 e. The maximum atomic E-state index is 12.5. The summed E-state index contributed by atoms with van der Waals surface area (Å²) in [6.07, 6.45) is 3.08. The van der Waals surface area contributed by atoms with Crippen LogP contribution in [0.5, 0.6) is 0 Å². The van der Waals surface area contributed by atoms with E-state index in [1.807, 2.05) is 24.3 Å². The minimum absolute atomic E-state index is 0.177. The van der Waals surface area contributed by atoms with Crippen LogP contribution < -0.4 is 11.0 Å². The molecule has 0 saturated heterocycles. The molecule has 0 aliphatic rings. The first-order chi connectivity index (χ1) is 10.7. The number of H-pyrrole nitrogens is 1. The van der Waals surface area contributed by atoms with Crippen LogP contribution in [0.15, 0.2) is 56.6 Å². The summed E-state index contributed by atoms with van der Waals surface area (Å²) in [7, 11) is 0. The van der Waals surface area contributed by atoms with Crippen LogP contribution in [0.25, 0.3) is 21.9 Å². The predicted octanol–water partition coefficient (Wildman–Crippen LogP) is 2.98. The zero-order chi connectivity index (χ0) is 15.1. The fourth-order valence-electron chi connectivity index (χ4n) is 2.42. The number of fused-ring (bicyclic) bond motifs is 3. The van der Waals surface area contributed by atoms with Gasteiger partial charge in [0.1, 0.15) is 23.1 Å². The number of hydrogen-bond donors (Lipinski definition) is 2. The SMILES string of the molecule is O=c1c2[nH]c3ccc(Br)cc3c2ncn1NCc1ccco1. The molecular formula is C15H11BrN4O2. The van der Waals surface area contributed by atoms with E-state index in [4.69, 9.17) is 4.42 Å². The molecule has 4 aromatic rings. The van der Waals surface area contributed by atoms with Gasteiger partial charge in [0.2, 0.25) is 0 Å². The van der Waals surface area contributed by atoms with Gasteiger partial charge < -0.3 is 14.8 Å². The molecule has 0 bridgehead atoms. The lowest BCUT2D eigenvalue weighted by Gasteiger charge is -2.06. The highest BCUT2D eigenvalue weighted by Crippen LogP contribution is 2.24. The summed E-state index contributed by atoms with van der Waals surface area (Å²) in [4.78, 5) is 20.0. The van der Waals surface area contributed by atoms with Crippen molar-refractivity contribution >= 4 is 37.9 Å². The summed E-state index contributed by atoms with van der Waals surface area (Å²) >= 11 is 3.43. The van der Waals surface area contributed by atoms with Crippen molar-refractivity contribution < 1.29 is 4.42 Å². The summed E-state index contributed by atoms with van der Waals surface area (Å²) in [6.45, 7) is 0.409. The molecule has 0 fully saturated rings. The number of halogens is 1. The summed E-state index contributed by atoms with van der Waals surface area (Å²) in [5.74, 6) is 0.743. The van der Waals surface area contributed by atoms with Crippen molar-refractivity contribution in [3.05, 3.63) is 63.5 Å². The predicted molar refractivity (Wildman–Crippen MR) is 87.3 cm³/mol. The van der Waals surface area contributed by atoms with Crippen LogP contribution in [0, 0.1) is 0 Å². The number of aromatic nitrogens is 3. The Kier molecular flexibility index (Phi) is 3.00. The van der Waals surface area contributed by atoms with E-state index in [0.717, 1.165) is 21.1 Å². The van der Waals surface area contributed by atoms with E-state index < -0.39 is 0 Å². The molecule has 0 radical (unpaired) electrons. The minimum Gasteiger partial charge on any atom is -0.467 e. The number of furan rings is 1. The fraction of sp³-hybridized carbons (Fsp3) is 0.0667. The minimum atomic E-state index is -0.177. The molecule has 0 amide bonds. The molecular weight excluding hydrogens is 348 g/mol. The molecule has 3 heterocycles. The van der Waals surface area contributed by atoms with Gasteiger partial charge in [-0.3, -0.25) is 4.79 Å². The molecule has 110 valence electrons. The Bertz CT molecular complexity index is 1020. The lowest BCUT2D eigenvalue weighted by molar-refractivity contribution is 0.509. The van der Waals surface area contributed by atoms with Gasteiger partial charge in [0.05, 0.1) is 12.8 Å². The second-order valence-electron chi connectivity index (χ2n) is 4.87. The van der Waals surface area contributed by atoms with E-state index >= 15 is 0 Å². The van der Waals surface area contributed by atoms with E-state index in [2.05, 4.69) is 31.3 Å². The smallest absolute Gasteiger partial charge is 0.296 e. The standard InChI is InChI=1S/C15H11BrN4O2/c16-9-3-4-12-11(6-9)13-14(19-12)15(21)20(8-17-13)18-7-10-2-1-5-22-10/h1-6,8,18-19H,7H2. The van der Waals surface area contributed by atoms with Crippen molar-refractivity contribution in [2.24, 2.45) is 0 Å². The normalized spacial score (nSPS) is 11.3. The zero-order valence-electron chi connectivity index (χ0n) is 11.3. The fourth-order valence-corrected chi connectivity index (χ4v) is 2.78. The highest BCUT2D eigenvalue weighted by Gasteiger charge is 2.11. The van der Waals surface area contributed by atoms with Crippen LogP contribution in [0.2, 0.25) is 0 Å². The molecule has 0 atom stereocenters. The van der Waals surface area contributed by atoms with Crippen LogP contribution in [0.3, 0.4) is 0 Å². The third kappa shape index (κ3) is 2.10. The Labute approximate surface area is 132 Å². The molecule has 0 aliphatic heterocycles. The second-order valence-corrected chi connectivity index (χ2v) is 5.79. The third-order valence-electron chi connectivity index (χ3n) is 3.47. The van der Waals surface area contributed by atoms with Crippen LogP contribution in [-0.2, 0) is 6.54 Å². The first-order valence-corrected chi connectivity index (χ1v) is 7.46. The third-order valence-corrected chi connectivity index (χ3v) is 3.97. The Morgan fingerprint density at radius 3 is 3.09 bits per heavy atom. The van der Waals surface area contributed by atoms with Gasteiger partial charge in [0.25, 0.3) is 5.56 Å². The Balaban J connectivity index is 1.80. The van der Waals surface area contributed by atoms with Gasteiger partial charge in [-0.25, -0.2) is 9.66 Å². The molecule has 0 spiro atoms. The van der Waals surface area contributed by atoms with Gasteiger partial charge in [-0.15, -0.1) is 0 Å². The summed E-state index contributed by atoms with van der Waals surface area (Å²) in [6, 6.07) is 9.43. The van der Waals surface area contributed by atoms with E-state index in [0.29, 0.717) is 17.6 Å². The molecule has 2 N–H and O–H groups in total. The molecule has 0 aliphatic carbocycles. The lowest BCUT2D eigenvalue weighted by atomic mass is 10.2. The number of hydrogen-bond acceptors (Lipinski definition) is 4. The molecule has 6 nitrogen and oxygen atoms in total. The van der Waals surface area contributed by atoms with Gasteiger partial charge in [-0.1, -0.05) is 15.9 Å². The lowest BCUT2D eigenvalue weighted by Crippen LogP contribution is -2.28. The quantitative estimate of drug-likeness (QED) is 0.590. The zero-order valence-corrected chi connectivity index (χ0v) is 12.9. The van der Waals surface area contributed by atoms with Crippen LogP contribution in [-0.4, -0.2) is 14.6 Å². The monoisotopic (exact) mass is 358 g/mol. The summed E-state index contributed by atoms with van der Waals surface area (Å²) in [5.41, 5.74) is 4.82. The van der Waals surface area contributed by atoms with E-state index in [9.17, 15) is 4.79 Å². The topological polar surface area (TPSA) is 75.8 Å². The second kappa shape index (κ2) is 5.03. The van der Waals surface area contributed by atoms with Crippen molar-refractivity contribution in [3.63, 3.8) is 0 Å². The maximum absolute atomic E-state index is 12.5. The van der Waals surface area contributed by atoms with Crippen LogP contribution >= 0.6 is 15.9 Å². The van der Waals surface area contributed by atoms with Crippen molar-refractivity contribution in [1.82, 2.24) is 14.6 Å². The van der Waals surface area contributed by atoms with Crippen molar-refractivity contribution in [1.29, 1.82) is 0 Å². The van der Waals surface area contributed by atoms with Gasteiger partial charge in [0.15, 0.2) is 0 Å². The van der Waals surface area contributed by atoms with Crippen molar-refractivity contribution in [3.8, 4) is 0 Å². The number of nitrogens with zero attached hydrogens (tertiary/aromatic N) is 2.